The van der Waals surface area contributed by atoms with Crippen molar-refractivity contribution in [2.45, 2.75) is 50.4 Å². The summed E-state index contributed by atoms with van der Waals surface area (Å²) in [6.07, 6.45) is 5.58. The molecular formula is C18H27NO3S. The second-order valence-corrected chi connectivity index (χ2v) is 7.17. The molecule has 0 aromatic heterocycles. The number of ether oxygens (including phenoxy) is 2. The first-order chi connectivity index (χ1) is 11.2. The summed E-state index contributed by atoms with van der Waals surface area (Å²) in [5.74, 6) is 2.41. The van der Waals surface area contributed by atoms with Gasteiger partial charge in [0.25, 0.3) is 5.91 Å². The summed E-state index contributed by atoms with van der Waals surface area (Å²) >= 11 is 1.98. The van der Waals surface area contributed by atoms with Crippen molar-refractivity contribution in [1.29, 1.82) is 0 Å². The lowest BCUT2D eigenvalue weighted by Crippen LogP contribution is -2.39. The number of benzene rings is 1. The SMILES string of the molecule is CC[C@H](Oc1ccc(OC)cc1)C(=O)NCCSC1CCCC1. The van der Waals surface area contributed by atoms with Crippen LogP contribution in [0, 0.1) is 0 Å². The van der Waals surface area contributed by atoms with Gasteiger partial charge in [0.15, 0.2) is 6.10 Å². The van der Waals surface area contributed by atoms with E-state index in [1.54, 1.807) is 7.11 Å². The summed E-state index contributed by atoms with van der Waals surface area (Å²) in [5.41, 5.74) is 0. The summed E-state index contributed by atoms with van der Waals surface area (Å²) in [6.45, 7) is 2.67. The van der Waals surface area contributed by atoms with Gasteiger partial charge in [0, 0.05) is 17.5 Å². The molecular weight excluding hydrogens is 310 g/mol. The average Bonchev–Trinajstić information content (AvgIpc) is 3.10. The van der Waals surface area contributed by atoms with Crippen molar-refractivity contribution < 1.29 is 14.3 Å². The van der Waals surface area contributed by atoms with Gasteiger partial charge in [-0.2, -0.15) is 11.8 Å². The monoisotopic (exact) mass is 337 g/mol. The molecule has 1 aromatic rings. The zero-order chi connectivity index (χ0) is 16.5. The number of rotatable bonds is 9. The van der Waals surface area contributed by atoms with Gasteiger partial charge in [-0.05, 0) is 43.5 Å². The molecule has 1 saturated carbocycles. The van der Waals surface area contributed by atoms with Crippen molar-refractivity contribution in [3.8, 4) is 11.5 Å². The fourth-order valence-corrected chi connectivity index (χ4v) is 3.93. The molecule has 2 rings (SSSR count). The van der Waals surface area contributed by atoms with Crippen LogP contribution < -0.4 is 14.8 Å². The van der Waals surface area contributed by atoms with Gasteiger partial charge in [0.1, 0.15) is 11.5 Å². The maximum atomic E-state index is 12.2. The summed E-state index contributed by atoms with van der Waals surface area (Å²) in [7, 11) is 1.63. The summed E-state index contributed by atoms with van der Waals surface area (Å²) in [6, 6.07) is 7.31. The van der Waals surface area contributed by atoms with Crippen LogP contribution in [-0.2, 0) is 4.79 Å². The minimum atomic E-state index is -0.445. The maximum Gasteiger partial charge on any atom is 0.261 e. The highest BCUT2D eigenvalue weighted by atomic mass is 32.2. The van der Waals surface area contributed by atoms with Gasteiger partial charge >= 0.3 is 0 Å². The van der Waals surface area contributed by atoms with Gasteiger partial charge in [0.2, 0.25) is 0 Å². The number of amides is 1. The van der Waals surface area contributed by atoms with E-state index in [0.29, 0.717) is 18.7 Å². The lowest BCUT2D eigenvalue weighted by Gasteiger charge is -2.17. The van der Waals surface area contributed by atoms with E-state index < -0.39 is 6.10 Å². The Morgan fingerprint density at radius 1 is 1.26 bits per heavy atom. The van der Waals surface area contributed by atoms with Crippen molar-refractivity contribution in [3.63, 3.8) is 0 Å². The minimum absolute atomic E-state index is 0.0321. The third-order valence-electron chi connectivity index (χ3n) is 4.06. The van der Waals surface area contributed by atoms with E-state index in [4.69, 9.17) is 9.47 Å². The van der Waals surface area contributed by atoms with Crippen molar-refractivity contribution in [2.75, 3.05) is 19.4 Å². The predicted octanol–water partition coefficient (Wildman–Crippen LogP) is 3.64. The Balaban J connectivity index is 1.71. The van der Waals surface area contributed by atoms with Crippen molar-refractivity contribution in [1.82, 2.24) is 5.32 Å². The van der Waals surface area contributed by atoms with E-state index in [2.05, 4.69) is 5.32 Å². The number of nitrogens with one attached hydrogen (secondary N) is 1. The molecule has 5 heteroatoms. The Kier molecular flexibility index (Phi) is 7.59. The van der Waals surface area contributed by atoms with E-state index in [0.717, 1.165) is 16.8 Å². The van der Waals surface area contributed by atoms with Gasteiger partial charge in [-0.25, -0.2) is 0 Å². The first-order valence-electron chi connectivity index (χ1n) is 8.43. The number of thioether (sulfide) groups is 1. The fraction of sp³-hybridized carbons (Fsp3) is 0.611. The molecule has 1 amide bonds. The zero-order valence-electron chi connectivity index (χ0n) is 14.0. The number of hydrogen-bond donors (Lipinski definition) is 1. The lowest BCUT2D eigenvalue weighted by molar-refractivity contribution is -0.127. The third-order valence-corrected chi connectivity index (χ3v) is 5.44. The molecule has 0 unspecified atom stereocenters. The Bertz CT molecular complexity index is 472. The molecule has 1 aliphatic rings. The third kappa shape index (κ3) is 5.98. The molecule has 0 bridgehead atoms. The standard InChI is InChI=1S/C18H27NO3S/c1-3-17(22-15-10-8-14(21-2)9-11-15)18(20)19-12-13-23-16-6-4-5-7-16/h8-11,16-17H,3-7,12-13H2,1-2H3,(H,19,20)/t17-/m0/s1. The van der Waals surface area contributed by atoms with Crippen molar-refractivity contribution in [2.24, 2.45) is 0 Å². The van der Waals surface area contributed by atoms with Gasteiger partial charge in [-0.1, -0.05) is 19.8 Å². The summed E-state index contributed by atoms with van der Waals surface area (Å²) in [4.78, 5) is 12.2. The number of carbonyl (C=O) groups excluding carboxylic acids is 1. The van der Waals surface area contributed by atoms with Crippen LogP contribution in [0.25, 0.3) is 0 Å². The maximum absolute atomic E-state index is 12.2. The average molecular weight is 337 g/mol. The van der Waals surface area contributed by atoms with Crippen LogP contribution in [0.15, 0.2) is 24.3 Å². The Hall–Kier alpha value is -1.36. The fourth-order valence-electron chi connectivity index (χ4n) is 2.71. The topological polar surface area (TPSA) is 47.6 Å². The number of hydrogen-bond acceptors (Lipinski definition) is 4. The molecule has 23 heavy (non-hydrogen) atoms. The molecule has 4 nitrogen and oxygen atoms in total. The van der Waals surface area contributed by atoms with Gasteiger partial charge < -0.3 is 14.8 Å². The van der Waals surface area contributed by atoms with Gasteiger partial charge in [-0.15, -0.1) is 0 Å². The first kappa shape index (κ1) is 18.0. The van der Waals surface area contributed by atoms with E-state index >= 15 is 0 Å². The quantitative estimate of drug-likeness (QED) is 0.699. The first-order valence-corrected chi connectivity index (χ1v) is 9.47. The van der Waals surface area contributed by atoms with E-state index in [9.17, 15) is 4.79 Å². The van der Waals surface area contributed by atoms with Crippen LogP contribution in [0.5, 0.6) is 11.5 Å². The lowest BCUT2D eigenvalue weighted by atomic mass is 10.2. The highest BCUT2D eigenvalue weighted by molar-refractivity contribution is 7.99. The Labute approximate surface area is 143 Å². The smallest absolute Gasteiger partial charge is 0.261 e. The second kappa shape index (κ2) is 9.71. The summed E-state index contributed by atoms with van der Waals surface area (Å²) in [5, 5.41) is 3.79. The molecule has 1 aliphatic carbocycles. The highest BCUT2D eigenvalue weighted by Gasteiger charge is 2.19. The molecule has 0 radical (unpaired) electrons. The molecule has 0 saturated heterocycles. The van der Waals surface area contributed by atoms with Gasteiger partial charge in [0.05, 0.1) is 7.11 Å². The Morgan fingerprint density at radius 3 is 2.52 bits per heavy atom. The second-order valence-electron chi connectivity index (χ2n) is 5.76. The van der Waals surface area contributed by atoms with Crippen LogP contribution in [0.1, 0.15) is 39.0 Å². The molecule has 1 atom stereocenters. The largest absolute Gasteiger partial charge is 0.497 e. The van der Waals surface area contributed by atoms with E-state index in [-0.39, 0.29) is 5.91 Å². The normalized spacial score (nSPS) is 16.1. The summed E-state index contributed by atoms with van der Waals surface area (Å²) < 4.78 is 10.9. The molecule has 0 spiro atoms. The molecule has 128 valence electrons. The van der Waals surface area contributed by atoms with Crippen LogP contribution in [0.3, 0.4) is 0 Å². The molecule has 0 heterocycles. The molecule has 0 aliphatic heterocycles. The number of methoxy groups -OCH3 is 1. The van der Waals surface area contributed by atoms with Crippen LogP contribution in [-0.4, -0.2) is 36.7 Å². The Morgan fingerprint density at radius 2 is 1.91 bits per heavy atom. The van der Waals surface area contributed by atoms with Crippen LogP contribution >= 0.6 is 11.8 Å². The van der Waals surface area contributed by atoms with E-state index in [1.807, 2.05) is 43.0 Å². The van der Waals surface area contributed by atoms with Crippen LogP contribution in [0.4, 0.5) is 0 Å². The number of carbonyl (C=O) groups is 1. The zero-order valence-corrected chi connectivity index (χ0v) is 14.9. The van der Waals surface area contributed by atoms with Gasteiger partial charge in [-0.3, -0.25) is 4.79 Å². The van der Waals surface area contributed by atoms with E-state index in [1.165, 1.54) is 25.7 Å². The van der Waals surface area contributed by atoms with Crippen LogP contribution in [0.2, 0.25) is 0 Å². The highest BCUT2D eigenvalue weighted by Crippen LogP contribution is 2.28. The van der Waals surface area contributed by atoms with Crippen molar-refractivity contribution >= 4 is 17.7 Å². The predicted molar refractivity (Wildman–Crippen MR) is 95.4 cm³/mol. The molecule has 1 aromatic carbocycles. The minimum Gasteiger partial charge on any atom is -0.497 e. The molecule has 1 N–H and O–H groups in total. The molecule has 1 fully saturated rings. The van der Waals surface area contributed by atoms with Crippen molar-refractivity contribution in [3.05, 3.63) is 24.3 Å².